The van der Waals surface area contributed by atoms with Gasteiger partial charge < -0.3 is 0 Å². The lowest BCUT2D eigenvalue weighted by Gasteiger charge is -2.25. The summed E-state index contributed by atoms with van der Waals surface area (Å²) in [5.74, 6) is 0. The van der Waals surface area contributed by atoms with Crippen molar-refractivity contribution in [1.29, 1.82) is 0 Å². The summed E-state index contributed by atoms with van der Waals surface area (Å²) in [6, 6.07) is 13.8. The first-order valence-corrected chi connectivity index (χ1v) is 6.79. The summed E-state index contributed by atoms with van der Waals surface area (Å²) < 4.78 is 0. The van der Waals surface area contributed by atoms with Crippen LogP contribution in [0.15, 0.2) is 36.4 Å². The molecule has 0 nitrogen and oxygen atoms in total. The molecule has 0 N–H and O–H groups in total. The second-order valence-electron chi connectivity index (χ2n) is 5.78. The number of fused-ring (bicyclic) bond motifs is 3. The van der Waals surface area contributed by atoms with Crippen LogP contribution in [0.2, 0.25) is 0 Å². The molecule has 0 fully saturated rings. The molecule has 0 aliphatic heterocycles. The summed E-state index contributed by atoms with van der Waals surface area (Å²) in [7, 11) is 3.45. The van der Waals surface area contributed by atoms with E-state index in [2.05, 4.69) is 64.9 Å². The quantitative estimate of drug-likeness (QED) is 0.662. The van der Waals surface area contributed by atoms with E-state index in [9.17, 15) is 0 Å². The number of hydrogen-bond acceptors (Lipinski definition) is 0. The highest BCUT2D eigenvalue weighted by molar-refractivity contribution is 6.91. The first kappa shape index (κ1) is 11.6. The lowest BCUT2D eigenvalue weighted by Crippen LogP contribution is -2.29. The maximum Gasteiger partial charge on any atom is 0.101 e. The van der Waals surface area contributed by atoms with Crippen molar-refractivity contribution in [3.8, 4) is 11.1 Å². The number of rotatable bonds is 1. The highest BCUT2D eigenvalue weighted by atomic mass is 14.3. The van der Waals surface area contributed by atoms with Crippen LogP contribution in [0.3, 0.4) is 0 Å². The Morgan fingerprint density at radius 3 is 1.72 bits per heavy atom. The van der Waals surface area contributed by atoms with Crippen molar-refractivity contribution >= 4 is 14.9 Å². The molecule has 0 atom stereocenters. The zero-order valence-corrected chi connectivity index (χ0v) is 11.7. The molecule has 1 aliphatic rings. The van der Waals surface area contributed by atoms with E-state index < -0.39 is 0 Å². The fourth-order valence-electron chi connectivity index (χ4n) is 3.22. The molecule has 0 aromatic heterocycles. The van der Waals surface area contributed by atoms with E-state index in [0.29, 0.717) is 0 Å². The third-order valence-electron chi connectivity index (χ3n) is 4.54. The van der Waals surface area contributed by atoms with Crippen LogP contribution in [0.25, 0.3) is 11.1 Å². The fourth-order valence-corrected chi connectivity index (χ4v) is 3.22. The molecule has 1 aliphatic carbocycles. The average Bonchev–Trinajstić information content (AvgIpc) is 2.60. The van der Waals surface area contributed by atoms with E-state index >= 15 is 0 Å². The van der Waals surface area contributed by atoms with Gasteiger partial charge in [0.2, 0.25) is 0 Å². The van der Waals surface area contributed by atoms with Gasteiger partial charge in [-0.05, 0) is 41.4 Å². The molecular formula is C16H18B2. The van der Waals surface area contributed by atoms with Crippen molar-refractivity contribution in [3.63, 3.8) is 0 Å². The van der Waals surface area contributed by atoms with Crippen LogP contribution in [0, 0.1) is 13.8 Å². The second kappa shape index (κ2) is 3.78. The van der Waals surface area contributed by atoms with Gasteiger partial charge in [0.25, 0.3) is 0 Å². The molecule has 0 saturated carbocycles. The minimum Gasteiger partial charge on any atom is -0.0593 e. The summed E-state index contributed by atoms with van der Waals surface area (Å²) in [6.07, 6.45) is 0. The number of hydrogen-bond donors (Lipinski definition) is 0. The Labute approximate surface area is 111 Å². The Bertz CT molecular complexity index is 577. The van der Waals surface area contributed by atoms with Gasteiger partial charge in [0.05, 0.1) is 7.74 Å². The third kappa shape index (κ3) is 1.41. The van der Waals surface area contributed by atoms with Crippen molar-refractivity contribution in [2.24, 2.45) is 0 Å². The molecule has 0 amide bonds. The molecule has 0 spiro atoms. The van der Waals surface area contributed by atoms with Gasteiger partial charge in [0.15, 0.2) is 0 Å². The predicted molar refractivity (Wildman–Crippen MR) is 83.5 cm³/mol. The zero-order chi connectivity index (χ0) is 12.9. The van der Waals surface area contributed by atoms with Crippen LogP contribution in [-0.2, 0) is 5.31 Å². The molecule has 0 radical (unpaired) electrons. The van der Waals surface area contributed by atoms with E-state index in [1.165, 1.54) is 33.4 Å². The smallest absolute Gasteiger partial charge is 0.0593 e. The minimum atomic E-state index is 0.183. The Morgan fingerprint density at radius 1 is 0.889 bits per heavy atom. The maximum atomic E-state index is 2.39. The van der Waals surface area contributed by atoms with Crippen LogP contribution in [0.5, 0.6) is 0 Å². The van der Waals surface area contributed by atoms with Crippen LogP contribution in [0.4, 0.5) is 0 Å². The van der Waals surface area contributed by atoms with Crippen LogP contribution < -0.4 is 0 Å². The summed E-state index contributed by atoms with van der Waals surface area (Å²) in [6.45, 7) is 6.76. The molecule has 2 aromatic carbocycles. The van der Waals surface area contributed by atoms with Crippen molar-refractivity contribution in [3.05, 3.63) is 58.7 Å². The number of benzene rings is 2. The average molecular weight is 232 g/mol. The molecule has 18 heavy (non-hydrogen) atoms. The lowest BCUT2D eigenvalue weighted by atomic mass is 9.37. The highest BCUT2D eigenvalue weighted by Crippen LogP contribution is 2.48. The highest BCUT2D eigenvalue weighted by Gasteiger charge is 2.37. The molecular weight excluding hydrogens is 214 g/mol. The molecule has 0 bridgehead atoms. The maximum absolute atomic E-state index is 2.39. The molecule has 0 heterocycles. The largest absolute Gasteiger partial charge is 0.101 e. The summed E-state index contributed by atoms with van der Waals surface area (Å²) in [5.41, 5.74) is 8.59. The standard InChI is InChI=1S/C16H18B2/c1-10-4-6-12-13-7-5-11(2)9-15(13)16(3,18-17)14(12)8-10/h4-9,18H,17H2,1-3H3. The van der Waals surface area contributed by atoms with E-state index in [-0.39, 0.29) is 5.31 Å². The van der Waals surface area contributed by atoms with Crippen LogP contribution in [-0.4, -0.2) is 14.9 Å². The first-order chi connectivity index (χ1) is 8.56. The Kier molecular flexibility index (Phi) is 2.45. The van der Waals surface area contributed by atoms with E-state index in [1.807, 2.05) is 0 Å². The van der Waals surface area contributed by atoms with E-state index in [1.54, 1.807) is 0 Å². The van der Waals surface area contributed by atoms with Gasteiger partial charge in [-0.2, -0.15) is 0 Å². The zero-order valence-electron chi connectivity index (χ0n) is 11.7. The second-order valence-corrected chi connectivity index (χ2v) is 5.78. The van der Waals surface area contributed by atoms with Crippen LogP contribution in [0.1, 0.15) is 29.2 Å². The summed E-state index contributed by atoms with van der Waals surface area (Å²) in [5, 5.41) is 0.183. The van der Waals surface area contributed by atoms with Gasteiger partial charge in [-0.15, -0.1) is 0 Å². The van der Waals surface area contributed by atoms with Crippen molar-refractivity contribution in [2.45, 2.75) is 26.1 Å². The van der Waals surface area contributed by atoms with E-state index in [4.69, 9.17) is 0 Å². The Morgan fingerprint density at radius 2 is 1.33 bits per heavy atom. The SMILES string of the molecule is BBC1(C)c2cc(C)ccc2-c2ccc(C)cc21. The van der Waals surface area contributed by atoms with Crippen molar-refractivity contribution in [2.75, 3.05) is 0 Å². The summed E-state index contributed by atoms with van der Waals surface area (Å²) >= 11 is 0. The topological polar surface area (TPSA) is 0 Å². The van der Waals surface area contributed by atoms with Gasteiger partial charge in [-0.25, -0.2) is 0 Å². The molecule has 0 saturated heterocycles. The van der Waals surface area contributed by atoms with Gasteiger partial charge >= 0.3 is 0 Å². The third-order valence-corrected chi connectivity index (χ3v) is 4.54. The van der Waals surface area contributed by atoms with Crippen LogP contribution >= 0.6 is 0 Å². The van der Waals surface area contributed by atoms with Crippen molar-refractivity contribution in [1.82, 2.24) is 0 Å². The van der Waals surface area contributed by atoms with Gasteiger partial charge in [0.1, 0.15) is 7.17 Å². The predicted octanol–water partition coefficient (Wildman–Crippen LogP) is 2.53. The molecule has 3 rings (SSSR count). The Hall–Kier alpha value is -1.43. The van der Waals surface area contributed by atoms with Gasteiger partial charge in [0, 0.05) is 0 Å². The van der Waals surface area contributed by atoms with Gasteiger partial charge in [-0.1, -0.05) is 54.4 Å². The molecule has 88 valence electrons. The molecule has 2 aromatic rings. The fraction of sp³-hybridized carbons (Fsp3) is 0.250. The number of aryl methyl sites for hydroxylation is 2. The van der Waals surface area contributed by atoms with Crippen molar-refractivity contribution < 1.29 is 0 Å². The molecule has 0 unspecified atom stereocenters. The monoisotopic (exact) mass is 232 g/mol. The lowest BCUT2D eigenvalue weighted by molar-refractivity contribution is 0.842. The van der Waals surface area contributed by atoms with Gasteiger partial charge in [-0.3, -0.25) is 0 Å². The molecule has 2 heteroatoms. The van der Waals surface area contributed by atoms with E-state index in [0.717, 1.165) is 7.17 Å². The minimum absolute atomic E-state index is 0.183. The first-order valence-electron chi connectivity index (χ1n) is 6.79. The Balaban J connectivity index is 2.37. The normalized spacial score (nSPS) is 15.1. The summed E-state index contributed by atoms with van der Waals surface area (Å²) in [4.78, 5) is 0.